The minimum absolute atomic E-state index is 0.0105. The van der Waals surface area contributed by atoms with Crippen LogP contribution in [0.5, 0.6) is 0 Å². The van der Waals surface area contributed by atoms with Gasteiger partial charge in [0.05, 0.1) is 11.8 Å². The van der Waals surface area contributed by atoms with Crippen molar-refractivity contribution in [2.24, 2.45) is 17.8 Å². The summed E-state index contributed by atoms with van der Waals surface area (Å²) < 4.78 is 0. The van der Waals surface area contributed by atoms with E-state index < -0.39 is 0 Å². The van der Waals surface area contributed by atoms with Crippen LogP contribution < -0.4 is 10.6 Å². The molecule has 1 aliphatic carbocycles. The largest absolute Gasteiger partial charge is 0.356 e. The molecule has 1 saturated carbocycles. The number of hydrogen-bond acceptors (Lipinski definition) is 2. The number of hydrogen-bond donors (Lipinski definition) is 2. The van der Waals surface area contributed by atoms with Crippen LogP contribution in [-0.4, -0.2) is 18.4 Å². The van der Waals surface area contributed by atoms with Gasteiger partial charge in [-0.2, -0.15) is 0 Å². The smallest absolute Gasteiger partial charge is 0.228 e. The molecular formula is C17H23ClN2O2. The maximum atomic E-state index is 12.2. The van der Waals surface area contributed by atoms with Crippen LogP contribution in [0.4, 0.5) is 5.69 Å². The second kappa shape index (κ2) is 7.14. The molecule has 2 unspecified atom stereocenters. The average Bonchev–Trinajstić information content (AvgIpc) is 3.24. The second-order valence-corrected chi connectivity index (χ2v) is 6.73. The molecular weight excluding hydrogens is 300 g/mol. The van der Waals surface area contributed by atoms with Crippen LogP contribution in [0.25, 0.3) is 0 Å². The van der Waals surface area contributed by atoms with Gasteiger partial charge in [-0.1, -0.05) is 31.5 Å². The lowest BCUT2D eigenvalue weighted by Gasteiger charge is -2.10. The number of benzene rings is 1. The van der Waals surface area contributed by atoms with Crippen molar-refractivity contribution in [3.05, 3.63) is 28.8 Å². The summed E-state index contributed by atoms with van der Waals surface area (Å²) in [6, 6.07) is 5.40. The lowest BCUT2D eigenvalue weighted by atomic mass is 10.1. The first-order chi connectivity index (χ1) is 10.4. The quantitative estimate of drug-likeness (QED) is 0.843. The van der Waals surface area contributed by atoms with E-state index in [1.807, 2.05) is 13.0 Å². The molecule has 2 amide bonds. The van der Waals surface area contributed by atoms with Gasteiger partial charge in [-0.3, -0.25) is 9.59 Å². The lowest BCUT2D eigenvalue weighted by molar-refractivity contribution is -0.125. The van der Waals surface area contributed by atoms with Crippen LogP contribution in [0.15, 0.2) is 18.2 Å². The van der Waals surface area contributed by atoms with Gasteiger partial charge in [0.2, 0.25) is 11.8 Å². The van der Waals surface area contributed by atoms with Gasteiger partial charge in [-0.05, 0) is 43.4 Å². The Labute approximate surface area is 136 Å². The third-order valence-electron chi connectivity index (χ3n) is 4.01. The maximum absolute atomic E-state index is 12.2. The highest BCUT2D eigenvalue weighted by Crippen LogP contribution is 2.39. The third kappa shape index (κ3) is 4.23. The summed E-state index contributed by atoms with van der Waals surface area (Å²) in [5, 5.41) is 6.40. The summed E-state index contributed by atoms with van der Waals surface area (Å²) in [7, 11) is 0. The number of anilines is 1. The predicted molar refractivity (Wildman–Crippen MR) is 88.9 cm³/mol. The van der Waals surface area contributed by atoms with Gasteiger partial charge in [-0.25, -0.2) is 0 Å². The van der Waals surface area contributed by atoms with Crippen LogP contribution in [0.2, 0.25) is 5.02 Å². The molecule has 120 valence electrons. The molecule has 0 radical (unpaired) electrons. The zero-order valence-electron chi connectivity index (χ0n) is 13.3. The first-order valence-electron chi connectivity index (χ1n) is 7.73. The molecule has 1 aromatic carbocycles. The van der Waals surface area contributed by atoms with Crippen molar-refractivity contribution >= 4 is 29.1 Å². The fourth-order valence-corrected chi connectivity index (χ4v) is 2.53. The number of carbonyl (C=O) groups is 2. The average molecular weight is 323 g/mol. The van der Waals surface area contributed by atoms with E-state index >= 15 is 0 Å². The summed E-state index contributed by atoms with van der Waals surface area (Å²) in [6.45, 7) is 6.77. The molecule has 22 heavy (non-hydrogen) atoms. The van der Waals surface area contributed by atoms with Crippen molar-refractivity contribution in [2.45, 2.75) is 33.6 Å². The molecule has 1 aromatic rings. The SMILES string of the molecule is Cc1c(Cl)cccc1NC(=O)C1CC1C(=O)NCCC(C)C. The lowest BCUT2D eigenvalue weighted by Crippen LogP contribution is -2.28. The maximum Gasteiger partial charge on any atom is 0.228 e. The number of amides is 2. The van der Waals surface area contributed by atoms with Gasteiger partial charge in [0, 0.05) is 17.3 Å². The van der Waals surface area contributed by atoms with Gasteiger partial charge in [0.15, 0.2) is 0 Å². The molecule has 0 saturated heterocycles. The van der Waals surface area contributed by atoms with E-state index in [9.17, 15) is 9.59 Å². The monoisotopic (exact) mass is 322 g/mol. The van der Waals surface area contributed by atoms with Gasteiger partial charge in [0.25, 0.3) is 0 Å². The predicted octanol–water partition coefficient (Wildman–Crippen LogP) is 3.39. The molecule has 0 aromatic heterocycles. The van der Waals surface area contributed by atoms with Crippen LogP contribution >= 0.6 is 11.6 Å². The van der Waals surface area contributed by atoms with E-state index in [1.54, 1.807) is 12.1 Å². The third-order valence-corrected chi connectivity index (χ3v) is 4.42. The minimum Gasteiger partial charge on any atom is -0.356 e. The molecule has 5 heteroatoms. The zero-order valence-corrected chi connectivity index (χ0v) is 14.0. The molecule has 0 spiro atoms. The highest BCUT2D eigenvalue weighted by atomic mass is 35.5. The normalized spacial score (nSPS) is 19.9. The highest BCUT2D eigenvalue weighted by Gasteiger charge is 2.47. The van der Waals surface area contributed by atoms with Crippen molar-refractivity contribution in [3.63, 3.8) is 0 Å². The van der Waals surface area contributed by atoms with Gasteiger partial charge in [-0.15, -0.1) is 0 Å². The fraction of sp³-hybridized carbons (Fsp3) is 0.529. The molecule has 0 heterocycles. The van der Waals surface area contributed by atoms with Crippen molar-refractivity contribution in [1.29, 1.82) is 0 Å². The Morgan fingerprint density at radius 3 is 2.64 bits per heavy atom. The topological polar surface area (TPSA) is 58.2 Å². The second-order valence-electron chi connectivity index (χ2n) is 6.32. The Kier molecular flexibility index (Phi) is 5.46. The summed E-state index contributed by atoms with van der Waals surface area (Å²) in [5.41, 5.74) is 1.56. The molecule has 2 atom stereocenters. The van der Waals surface area contributed by atoms with Crippen molar-refractivity contribution in [3.8, 4) is 0 Å². The first-order valence-corrected chi connectivity index (χ1v) is 8.11. The minimum atomic E-state index is -0.225. The molecule has 1 fully saturated rings. The molecule has 0 aliphatic heterocycles. The zero-order chi connectivity index (χ0) is 16.3. The Balaban J connectivity index is 1.83. The molecule has 0 bridgehead atoms. The van der Waals surface area contributed by atoms with Gasteiger partial charge >= 0.3 is 0 Å². The van der Waals surface area contributed by atoms with Gasteiger partial charge < -0.3 is 10.6 Å². The van der Waals surface area contributed by atoms with E-state index in [0.717, 1.165) is 12.0 Å². The van der Waals surface area contributed by atoms with Crippen LogP contribution in [0.1, 0.15) is 32.3 Å². The number of halogens is 1. The van der Waals surface area contributed by atoms with Crippen molar-refractivity contribution in [2.75, 3.05) is 11.9 Å². The highest BCUT2D eigenvalue weighted by molar-refractivity contribution is 6.31. The number of rotatable bonds is 6. The molecule has 2 N–H and O–H groups in total. The van der Waals surface area contributed by atoms with Gasteiger partial charge in [0.1, 0.15) is 0 Å². The summed E-state index contributed by atoms with van der Waals surface area (Å²) >= 11 is 6.04. The summed E-state index contributed by atoms with van der Waals surface area (Å²) in [6.07, 6.45) is 1.58. The van der Waals surface area contributed by atoms with E-state index in [0.29, 0.717) is 29.6 Å². The number of carbonyl (C=O) groups excluding carboxylic acids is 2. The Morgan fingerprint density at radius 1 is 1.27 bits per heavy atom. The molecule has 2 rings (SSSR count). The van der Waals surface area contributed by atoms with Crippen LogP contribution in [0, 0.1) is 24.7 Å². The summed E-state index contributed by atoms with van der Waals surface area (Å²) in [5.74, 6) is 0.0338. The van der Waals surface area contributed by atoms with Crippen LogP contribution in [-0.2, 0) is 9.59 Å². The molecule has 4 nitrogen and oxygen atoms in total. The standard InChI is InChI=1S/C17H23ClN2O2/c1-10(2)7-8-19-16(21)12-9-13(12)17(22)20-15-6-4-5-14(18)11(15)3/h4-6,10,12-13H,7-9H2,1-3H3,(H,19,21)(H,20,22). The van der Waals surface area contributed by atoms with Crippen LogP contribution in [0.3, 0.4) is 0 Å². The van der Waals surface area contributed by atoms with E-state index in [-0.39, 0.29) is 23.7 Å². The van der Waals surface area contributed by atoms with E-state index in [2.05, 4.69) is 24.5 Å². The van der Waals surface area contributed by atoms with E-state index in [4.69, 9.17) is 11.6 Å². The molecule has 1 aliphatic rings. The summed E-state index contributed by atoms with van der Waals surface area (Å²) in [4.78, 5) is 24.2. The van der Waals surface area contributed by atoms with E-state index in [1.165, 1.54) is 0 Å². The van der Waals surface area contributed by atoms with Crippen molar-refractivity contribution < 1.29 is 9.59 Å². The first kappa shape index (κ1) is 16.8. The Hall–Kier alpha value is -1.55. The fourth-order valence-electron chi connectivity index (χ4n) is 2.36. The Morgan fingerprint density at radius 2 is 1.95 bits per heavy atom. The number of nitrogens with one attached hydrogen (secondary N) is 2. The van der Waals surface area contributed by atoms with Crippen molar-refractivity contribution in [1.82, 2.24) is 5.32 Å². The Bertz CT molecular complexity index is 572.